The lowest BCUT2D eigenvalue weighted by molar-refractivity contribution is -0.115. The second kappa shape index (κ2) is 10.7. The first kappa shape index (κ1) is 24.6. The minimum Gasteiger partial charge on any atom is -0.358 e. The van der Waals surface area contributed by atoms with Gasteiger partial charge in [-0.25, -0.2) is 8.78 Å². The SMILES string of the molecule is C=C(NC(=NC1CCCC(NC(=O)C(C)=NC)C1)/C(F)=C\C)c1c[nH]c2c(F)cc(Cl)cc12. The number of hydrogen-bond acceptors (Lipinski definition) is 3. The van der Waals surface area contributed by atoms with E-state index in [0.717, 1.165) is 19.3 Å². The molecule has 0 spiro atoms. The highest BCUT2D eigenvalue weighted by atomic mass is 35.5. The van der Waals surface area contributed by atoms with E-state index in [4.69, 9.17) is 11.6 Å². The molecule has 1 aromatic heterocycles. The van der Waals surface area contributed by atoms with Crippen LogP contribution in [0.2, 0.25) is 5.02 Å². The van der Waals surface area contributed by atoms with Crippen molar-refractivity contribution in [3.63, 3.8) is 0 Å². The standard InChI is InChI=1S/C24H28ClF2N5O/c1-5-20(26)23(31-16-7-6-8-17(11-16)32-24(33)14(3)28-4)30-13(2)19-12-29-22-18(19)9-15(25)10-21(22)27/h5,9-10,12,16-17,29H,2,6-8,11H2,1,3-4H3,(H,30,31)(H,32,33)/b20-5+,28-14?. The molecule has 6 nitrogen and oxygen atoms in total. The first-order chi connectivity index (χ1) is 15.7. The summed E-state index contributed by atoms with van der Waals surface area (Å²) in [5.74, 6) is -1.17. The maximum absolute atomic E-state index is 14.7. The third-order valence-electron chi connectivity index (χ3n) is 5.74. The number of halogens is 3. The van der Waals surface area contributed by atoms with Gasteiger partial charge in [-0.1, -0.05) is 18.2 Å². The number of carbonyl (C=O) groups is 1. The molecule has 2 unspecified atom stereocenters. The van der Waals surface area contributed by atoms with Crippen LogP contribution in [-0.2, 0) is 4.79 Å². The Morgan fingerprint density at radius 3 is 2.82 bits per heavy atom. The van der Waals surface area contributed by atoms with E-state index in [-0.39, 0.29) is 28.8 Å². The Morgan fingerprint density at radius 2 is 2.12 bits per heavy atom. The average molecular weight is 476 g/mol. The Morgan fingerprint density at radius 1 is 1.36 bits per heavy atom. The number of allylic oxidation sites excluding steroid dienone is 1. The molecule has 1 aliphatic rings. The topological polar surface area (TPSA) is 81.6 Å². The van der Waals surface area contributed by atoms with E-state index >= 15 is 0 Å². The number of carbonyl (C=O) groups excluding carboxylic acids is 1. The fourth-order valence-electron chi connectivity index (χ4n) is 3.89. The number of fused-ring (bicyclic) bond motifs is 1. The summed E-state index contributed by atoms with van der Waals surface area (Å²) in [6.45, 7) is 7.23. The van der Waals surface area contributed by atoms with Crippen LogP contribution >= 0.6 is 11.6 Å². The van der Waals surface area contributed by atoms with Gasteiger partial charge in [0, 0.05) is 41.0 Å². The van der Waals surface area contributed by atoms with E-state index in [9.17, 15) is 13.6 Å². The summed E-state index contributed by atoms with van der Waals surface area (Å²) in [6, 6.07) is 2.60. The van der Waals surface area contributed by atoms with Crippen LogP contribution in [0.3, 0.4) is 0 Å². The van der Waals surface area contributed by atoms with Crippen molar-refractivity contribution in [2.75, 3.05) is 7.05 Å². The van der Waals surface area contributed by atoms with Crippen molar-refractivity contribution in [3.05, 3.63) is 53.2 Å². The Kier molecular flexibility index (Phi) is 8.02. The van der Waals surface area contributed by atoms with Gasteiger partial charge in [0.05, 0.1) is 17.3 Å². The highest BCUT2D eigenvalue weighted by molar-refractivity contribution is 6.37. The lowest BCUT2D eigenvalue weighted by atomic mass is 9.91. The molecule has 1 saturated carbocycles. The van der Waals surface area contributed by atoms with Crippen molar-refractivity contribution in [3.8, 4) is 0 Å². The molecule has 1 aliphatic carbocycles. The maximum Gasteiger partial charge on any atom is 0.265 e. The first-order valence-electron chi connectivity index (χ1n) is 10.8. The quantitative estimate of drug-likeness (QED) is 0.391. The zero-order chi connectivity index (χ0) is 24.1. The lowest BCUT2D eigenvalue weighted by Gasteiger charge is -2.28. The van der Waals surface area contributed by atoms with Crippen molar-refractivity contribution < 1.29 is 13.6 Å². The molecule has 176 valence electrons. The molecule has 0 radical (unpaired) electrons. The smallest absolute Gasteiger partial charge is 0.265 e. The van der Waals surface area contributed by atoms with Crippen LogP contribution in [0.15, 0.2) is 46.8 Å². The summed E-state index contributed by atoms with van der Waals surface area (Å²) in [5, 5.41) is 6.71. The Labute approximate surface area is 196 Å². The maximum atomic E-state index is 14.7. The summed E-state index contributed by atoms with van der Waals surface area (Å²) in [7, 11) is 1.57. The zero-order valence-electron chi connectivity index (χ0n) is 18.9. The van der Waals surface area contributed by atoms with Crippen molar-refractivity contribution >= 4 is 45.7 Å². The van der Waals surface area contributed by atoms with Gasteiger partial charge in [0.2, 0.25) is 0 Å². The van der Waals surface area contributed by atoms with Gasteiger partial charge in [0.15, 0.2) is 11.7 Å². The summed E-state index contributed by atoms with van der Waals surface area (Å²) in [6.07, 6.45) is 5.95. The summed E-state index contributed by atoms with van der Waals surface area (Å²) in [4.78, 5) is 23.5. The molecule has 1 aromatic carbocycles. The number of hydrogen-bond donors (Lipinski definition) is 3. The molecule has 1 heterocycles. The fourth-order valence-corrected chi connectivity index (χ4v) is 4.10. The molecular weight excluding hydrogens is 448 g/mol. The number of aromatic nitrogens is 1. The van der Waals surface area contributed by atoms with Gasteiger partial charge in [-0.2, -0.15) is 0 Å². The van der Waals surface area contributed by atoms with E-state index in [2.05, 4.69) is 32.2 Å². The number of nitrogens with one attached hydrogen (secondary N) is 3. The van der Waals surface area contributed by atoms with Gasteiger partial charge in [0.1, 0.15) is 5.82 Å². The highest BCUT2D eigenvalue weighted by Gasteiger charge is 2.25. The number of H-pyrrole nitrogens is 1. The second-order valence-corrected chi connectivity index (χ2v) is 8.47. The van der Waals surface area contributed by atoms with Crippen LogP contribution < -0.4 is 10.6 Å². The van der Waals surface area contributed by atoms with E-state index in [1.807, 2.05) is 0 Å². The number of amidine groups is 1. The third-order valence-corrected chi connectivity index (χ3v) is 5.96. The van der Waals surface area contributed by atoms with Gasteiger partial charge in [0.25, 0.3) is 5.91 Å². The summed E-state index contributed by atoms with van der Waals surface area (Å²) < 4.78 is 28.9. The number of amides is 1. The van der Waals surface area contributed by atoms with Crippen molar-refractivity contribution in [1.82, 2.24) is 15.6 Å². The molecule has 1 fully saturated rings. The lowest BCUT2D eigenvalue weighted by Crippen LogP contribution is -2.42. The van der Waals surface area contributed by atoms with Crippen molar-refractivity contribution in [1.29, 1.82) is 0 Å². The Balaban J connectivity index is 1.80. The van der Waals surface area contributed by atoms with Gasteiger partial charge < -0.3 is 15.6 Å². The minimum absolute atomic E-state index is 0.0441. The fraction of sp³-hybridized carbons (Fsp3) is 0.375. The molecule has 2 atom stereocenters. The predicted molar refractivity (Wildman–Crippen MR) is 131 cm³/mol. The van der Waals surface area contributed by atoms with E-state index < -0.39 is 11.6 Å². The predicted octanol–water partition coefficient (Wildman–Crippen LogP) is 5.31. The van der Waals surface area contributed by atoms with E-state index in [1.54, 1.807) is 33.2 Å². The third kappa shape index (κ3) is 5.87. The molecule has 3 N–H and O–H groups in total. The molecule has 2 aromatic rings. The monoisotopic (exact) mass is 475 g/mol. The van der Waals surface area contributed by atoms with Gasteiger partial charge >= 0.3 is 0 Å². The van der Waals surface area contributed by atoms with E-state index in [0.29, 0.717) is 34.3 Å². The van der Waals surface area contributed by atoms with Crippen LogP contribution in [0.5, 0.6) is 0 Å². The molecule has 0 bridgehead atoms. The van der Waals surface area contributed by atoms with Gasteiger partial charge in [-0.3, -0.25) is 14.8 Å². The van der Waals surface area contributed by atoms with Gasteiger partial charge in [-0.15, -0.1) is 0 Å². The molecule has 3 rings (SSSR count). The molecule has 1 amide bonds. The molecular formula is C24H28ClF2N5O. The average Bonchev–Trinajstić information content (AvgIpc) is 3.22. The Bertz CT molecular complexity index is 1150. The first-order valence-corrected chi connectivity index (χ1v) is 11.2. The van der Waals surface area contributed by atoms with Gasteiger partial charge in [-0.05, 0) is 57.7 Å². The normalized spacial score (nSPS) is 20.1. The molecule has 9 heteroatoms. The molecule has 33 heavy (non-hydrogen) atoms. The summed E-state index contributed by atoms with van der Waals surface area (Å²) >= 11 is 6.01. The second-order valence-electron chi connectivity index (χ2n) is 8.03. The molecule has 0 aliphatic heterocycles. The van der Waals surface area contributed by atoms with Crippen LogP contribution in [0.25, 0.3) is 16.6 Å². The van der Waals surface area contributed by atoms with Crippen molar-refractivity contribution in [2.24, 2.45) is 9.98 Å². The zero-order valence-corrected chi connectivity index (χ0v) is 19.7. The minimum atomic E-state index is -0.527. The van der Waals surface area contributed by atoms with Crippen LogP contribution in [0.4, 0.5) is 8.78 Å². The number of rotatable bonds is 6. The van der Waals surface area contributed by atoms with Crippen molar-refractivity contribution in [2.45, 2.75) is 51.6 Å². The summed E-state index contributed by atoms with van der Waals surface area (Å²) in [5.41, 5.74) is 1.62. The Hall–Kier alpha value is -3.00. The number of aromatic amines is 1. The van der Waals surface area contributed by atoms with Crippen LogP contribution in [-0.4, -0.2) is 41.6 Å². The van der Waals surface area contributed by atoms with Crippen LogP contribution in [0, 0.1) is 5.82 Å². The number of benzene rings is 1. The largest absolute Gasteiger partial charge is 0.358 e. The number of aliphatic imine (C=N–C) groups is 2. The van der Waals surface area contributed by atoms with Crippen LogP contribution in [0.1, 0.15) is 45.1 Å². The highest BCUT2D eigenvalue weighted by Crippen LogP contribution is 2.29. The number of nitrogens with zero attached hydrogens (tertiary/aromatic N) is 2. The van der Waals surface area contributed by atoms with E-state index in [1.165, 1.54) is 12.1 Å². The molecule has 0 saturated heterocycles.